The Hall–Kier alpha value is -1.75. The molecule has 2 rings (SSSR count). The largest absolute Gasteiger partial charge is 0.495 e. The molecule has 0 aromatic heterocycles. The van der Waals surface area contributed by atoms with Crippen molar-refractivity contribution in [2.24, 2.45) is 0 Å². The third kappa shape index (κ3) is 3.91. The maximum Gasteiger partial charge on any atom is 0.314 e. The number of amides is 2. The summed E-state index contributed by atoms with van der Waals surface area (Å²) in [5.41, 5.74) is 1.26. The van der Waals surface area contributed by atoms with E-state index in [0.717, 1.165) is 31.2 Å². The van der Waals surface area contributed by atoms with Crippen molar-refractivity contribution in [2.45, 2.75) is 32.6 Å². The van der Waals surface area contributed by atoms with E-state index in [1.165, 1.54) is 7.11 Å². The van der Waals surface area contributed by atoms with Crippen LogP contribution in [0.4, 0.5) is 5.69 Å². The van der Waals surface area contributed by atoms with Gasteiger partial charge < -0.3 is 15.0 Å². The predicted molar refractivity (Wildman–Crippen MR) is 86.4 cm³/mol. The Morgan fingerprint density at radius 2 is 1.82 bits per heavy atom. The molecule has 0 radical (unpaired) electrons. The number of rotatable bonds is 2. The molecule has 5 nitrogen and oxygen atoms in total. The van der Waals surface area contributed by atoms with Crippen LogP contribution in [0.2, 0.25) is 5.02 Å². The number of benzene rings is 1. The molecule has 0 saturated carbocycles. The minimum absolute atomic E-state index is 0.438. The fraction of sp³-hybridized carbons (Fsp3) is 0.500. The Kier molecular flexibility index (Phi) is 5.66. The predicted octanol–water partition coefficient (Wildman–Crippen LogP) is 3.00. The number of aryl methyl sites for hydroxylation is 1. The molecule has 1 fully saturated rings. The summed E-state index contributed by atoms with van der Waals surface area (Å²) >= 11 is 6.04. The molecule has 0 bridgehead atoms. The number of nitrogens with one attached hydrogen (secondary N) is 1. The van der Waals surface area contributed by atoms with E-state index in [4.69, 9.17) is 16.3 Å². The summed E-state index contributed by atoms with van der Waals surface area (Å²) in [6.07, 6.45) is 4.11. The van der Waals surface area contributed by atoms with Crippen LogP contribution in [0.25, 0.3) is 0 Å². The SMILES string of the molecule is COc1cc(Cl)c(C)cc1NC(=O)C(=O)N1CCCCCC1. The van der Waals surface area contributed by atoms with Crippen molar-refractivity contribution < 1.29 is 14.3 Å². The molecule has 0 aliphatic carbocycles. The summed E-state index contributed by atoms with van der Waals surface area (Å²) < 4.78 is 5.20. The van der Waals surface area contributed by atoms with E-state index >= 15 is 0 Å². The van der Waals surface area contributed by atoms with Gasteiger partial charge in [0, 0.05) is 24.2 Å². The van der Waals surface area contributed by atoms with Crippen LogP contribution in [0, 0.1) is 6.92 Å². The lowest BCUT2D eigenvalue weighted by atomic mass is 10.2. The molecule has 1 aromatic rings. The Balaban J connectivity index is 2.10. The maximum atomic E-state index is 12.3. The van der Waals surface area contributed by atoms with Crippen LogP contribution in [0.15, 0.2) is 12.1 Å². The number of likely N-dealkylation sites (tertiary alicyclic amines) is 1. The lowest BCUT2D eigenvalue weighted by Gasteiger charge is -2.20. The van der Waals surface area contributed by atoms with E-state index in [1.807, 2.05) is 6.92 Å². The molecular formula is C16H21ClN2O3. The van der Waals surface area contributed by atoms with E-state index in [0.29, 0.717) is 29.5 Å². The van der Waals surface area contributed by atoms with Gasteiger partial charge in [-0.2, -0.15) is 0 Å². The summed E-state index contributed by atoms with van der Waals surface area (Å²) in [4.78, 5) is 26.1. The van der Waals surface area contributed by atoms with Gasteiger partial charge >= 0.3 is 11.8 Å². The second-order valence-corrected chi connectivity index (χ2v) is 5.87. The number of carbonyl (C=O) groups excluding carboxylic acids is 2. The molecule has 1 aliphatic heterocycles. The second kappa shape index (κ2) is 7.49. The van der Waals surface area contributed by atoms with E-state index in [2.05, 4.69) is 5.32 Å². The summed E-state index contributed by atoms with van der Waals surface area (Å²) in [6.45, 7) is 3.11. The van der Waals surface area contributed by atoms with Gasteiger partial charge in [-0.15, -0.1) is 0 Å². The molecule has 6 heteroatoms. The summed E-state index contributed by atoms with van der Waals surface area (Å²) in [5.74, 6) is -0.689. The normalized spacial score (nSPS) is 15.1. The highest BCUT2D eigenvalue weighted by Crippen LogP contribution is 2.31. The monoisotopic (exact) mass is 324 g/mol. The topological polar surface area (TPSA) is 58.6 Å². The van der Waals surface area contributed by atoms with Crippen LogP contribution >= 0.6 is 11.6 Å². The van der Waals surface area contributed by atoms with Crippen molar-refractivity contribution in [3.8, 4) is 5.75 Å². The third-order valence-electron chi connectivity index (χ3n) is 3.82. The molecule has 0 unspecified atom stereocenters. The first-order chi connectivity index (χ1) is 10.5. The zero-order valence-corrected chi connectivity index (χ0v) is 13.7. The van der Waals surface area contributed by atoms with Crippen LogP contribution in [0.5, 0.6) is 5.75 Å². The van der Waals surface area contributed by atoms with Crippen LogP contribution in [0.3, 0.4) is 0 Å². The first-order valence-electron chi connectivity index (χ1n) is 7.47. The number of hydrogen-bond acceptors (Lipinski definition) is 3. The fourth-order valence-electron chi connectivity index (χ4n) is 2.52. The third-order valence-corrected chi connectivity index (χ3v) is 4.22. The Bertz CT molecular complexity index is 567. The number of nitrogens with zero attached hydrogens (tertiary/aromatic N) is 1. The average molecular weight is 325 g/mol. The van der Waals surface area contributed by atoms with Crippen molar-refractivity contribution in [3.05, 3.63) is 22.7 Å². The Labute approximate surface area is 135 Å². The van der Waals surface area contributed by atoms with Gasteiger partial charge in [0.2, 0.25) is 0 Å². The van der Waals surface area contributed by atoms with E-state index < -0.39 is 11.8 Å². The summed E-state index contributed by atoms with van der Waals surface area (Å²) in [6, 6.07) is 3.33. The lowest BCUT2D eigenvalue weighted by molar-refractivity contribution is -0.143. The van der Waals surface area contributed by atoms with Crippen LogP contribution in [-0.2, 0) is 9.59 Å². The van der Waals surface area contributed by atoms with Gasteiger partial charge in [0.05, 0.1) is 12.8 Å². The highest BCUT2D eigenvalue weighted by molar-refractivity contribution is 6.39. The number of carbonyl (C=O) groups is 2. The molecule has 22 heavy (non-hydrogen) atoms. The highest BCUT2D eigenvalue weighted by atomic mass is 35.5. The number of hydrogen-bond donors (Lipinski definition) is 1. The standard InChI is InChI=1S/C16H21ClN2O3/c1-11-9-13(14(22-2)10-12(11)17)18-15(20)16(21)19-7-5-3-4-6-8-19/h9-10H,3-8H2,1-2H3,(H,18,20). The van der Waals surface area contributed by atoms with Gasteiger partial charge in [-0.1, -0.05) is 24.4 Å². The molecule has 0 atom stereocenters. The first-order valence-corrected chi connectivity index (χ1v) is 7.85. The van der Waals surface area contributed by atoms with Gasteiger partial charge in [0.15, 0.2) is 0 Å². The first kappa shape index (κ1) is 16.6. The van der Waals surface area contributed by atoms with Crippen LogP contribution in [-0.4, -0.2) is 36.9 Å². The van der Waals surface area contributed by atoms with E-state index in [-0.39, 0.29) is 0 Å². The van der Waals surface area contributed by atoms with Crippen LogP contribution in [0.1, 0.15) is 31.2 Å². The average Bonchev–Trinajstić information content (AvgIpc) is 2.79. The minimum atomic E-state index is -0.637. The summed E-state index contributed by atoms with van der Waals surface area (Å²) in [7, 11) is 1.49. The molecule has 1 N–H and O–H groups in total. The Morgan fingerprint density at radius 1 is 1.18 bits per heavy atom. The Morgan fingerprint density at radius 3 is 2.41 bits per heavy atom. The van der Waals surface area contributed by atoms with Crippen molar-refractivity contribution >= 4 is 29.1 Å². The van der Waals surface area contributed by atoms with Crippen molar-refractivity contribution in [3.63, 3.8) is 0 Å². The molecule has 1 aliphatic rings. The zero-order chi connectivity index (χ0) is 16.1. The number of anilines is 1. The van der Waals surface area contributed by atoms with Crippen molar-refractivity contribution in [1.82, 2.24) is 4.90 Å². The molecule has 0 spiro atoms. The molecule has 1 heterocycles. The quantitative estimate of drug-likeness (QED) is 0.851. The summed E-state index contributed by atoms with van der Waals surface area (Å²) in [5, 5.41) is 3.18. The number of ether oxygens (including phenoxy) is 1. The van der Waals surface area contributed by atoms with Crippen molar-refractivity contribution in [1.29, 1.82) is 0 Å². The lowest BCUT2D eigenvalue weighted by Crippen LogP contribution is -2.40. The van der Waals surface area contributed by atoms with Gasteiger partial charge in [0.1, 0.15) is 5.75 Å². The maximum absolute atomic E-state index is 12.3. The van der Waals surface area contributed by atoms with E-state index in [9.17, 15) is 9.59 Å². The molecule has 1 saturated heterocycles. The van der Waals surface area contributed by atoms with Gasteiger partial charge in [-0.05, 0) is 31.4 Å². The number of halogens is 1. The zero-order valence-electron chi connectivity index (χ0n) is 12.9. The minimum Gasteiger partial charge on any atom is -0.495 e. The molecular weight excluding hydrogens is 304 g/mol. The van der Waals surface area contributed by atoms with Crippen molar-refractivity contribution in [2.75, 3.05) is 25.5 Å². The van der Waals surface area contributed by atoms with Gasteiger partial charge in [0.25, 0.3) is 0 Å². The smallest absolute Gasteiger partial charge is 0.314 e. The molecule has 1 aromatic carbocycles. The van der Waals surface area contributed by atoms with Crippen LogP contribution < -0.4 is 10.1 Å². The van der Waals surface area contributed by atoms with Gasteiger partial charge in [-0.3, -0.25) is 9.59 Å². The molecule has 2 amide bonds. The second-order valence-electron chi connectivity index (χ2n) is 5.46. The number of methoxy groups -OCH3 is 1. The van der Waals surface area contributed by atoms with Gasteiger partial charge in [-0.25, -0.2) is 0 Å². The van der Waals surface area contributed by atoms with E-state index in [1.54, 1.807) is 17.0 Å². The fourth-order valence-corrected chi connectivity index (χ4v) is 2.68. The molecule has 120 valence electrons. The highest BCUT2D eigenvalue weighted by Gasteiger charge is 2.23.